The summed E-state index contributed by atoms with van der Waals surface area (Å²) >= 11 is 0. The van der Waals surface area contributed by atoms with Crippen molar-refractivity contribution in [2.45, 2.75) is 6.92 Å². The van der Waals surface area contributed by atoms with E-state index in [2.05, 4.69) is 39.3 Å². The van der Waals surface area contributed by atoms with Crippen LogP contribution in [0, 0.1) is 0 Å². The zero-order valence-electron chi connectivity index (χ0n) is 8.99. The van der Waals surface area contributed by atoms with E-state index in [0.29, 0.717) is 6.67 Å². The summed E-state index contributed by atoms with van der Waals surface area (Å²) in [7, 11) is 0. The second-order valence-electron chi connectivity index (χ2n) is 3.84. The molecule has 1 aromatic carbocycles. The molecule has 0 atom stereocenters. The highest BCUT2D eigenvalue weighted by atomic mass is 15.0. The summed E-state index contributed by atoms with van der Waals surface area (Å²) in [5, 5.41) is 3.29. The lowest BCUT2D eigenvalue weighted by Crippen LogP contribution is -2.18. The number of imidazole rings is 1. The van der Waals surface area contributed by atoms with Crippen LogP contribution in [-0.2, 0) is 0 Å². The maximum Gasteiger partial charge on any atom is 0.107 e. The molecular weight excluding hydrogens is 200 g/mol. The number of nitrogens with zero attached hydrogens (tertiary/aromatic N) is 2. The number of fused-ring (bicyclic) bond motifs is 1. The molecule has 0 unspecified atom stereocenters. The van der Waals surface area contributed by atoms with Gasteiger partial charge in [-0.2, -0.15) is 0 Å². The summed E-state index contributed by atoms with van der Waals surface area (Å²) < 4.78 is 0. The lowest BCUT2D eigenvalue weighted by atomic mass is 10.1. The maximum absolute atomic E-state index is 4.21. The van der Waals surface area contributed by atoms with Gasteiger partial charge in [0.1, 0.15) is 6.67 Å². The number of benzene rings is 1. The predicted molar refractivity (Wildman–Crippen MR) is 65.2 cm³/mol. The SMILES string of the molecule is CC1=C(c2ccc3nc[nH]c3c2)NCN=C1. The average Bonchev–Trinajstić information content (AvgIpc) is 2.76. The minimum absolute atomic E-state index is 0.647. The highest BCUT2D eigenvalue weighted by Gasteiger charge is 2.08. The Morgan fingerprint density at radius 3 is 3.12 bits per heavy atom. The van der Waals surface area contributed by atoms with Gasteiger partial charge in [0, 0.05) is 17.5 Å². The molecule has 1 aliphatic rings. The summed E-state index contributed by atoms with van der Waals surface area (Å²) in [4.78, 5) is 11.5. The molecular formula is C12H12N4. The average molecular weight is 212 g/mol. The molecule has 3 rings (SSSR count). The summed E-state index contributed by atoms with van der Waals surface area (Å²) in [5.41, 5.74) is 5.52. The predicted octanol–water partition coefficient (Wildman–Crippen LogP) is 1.93. The van der Waals surface area contributed by atoms with Gasteiger partial charge in [-0.25, -0.2) is 4.98 Å². The van der Waals surface area contributed by atoms with Crippen molar-refractivity contribution in [1.29, 1.82) is 0 Å². The van der Waals surface area contributed by atoms with Gasteiger partial charge in [0.05, 0.1) is 17.4 Å². The molecule has 1 aliphatic heterocycles. The third-order valence-corrected chi connectivity index (χ3v) is 2.74. The first-order valence-electron chi connectivity index (χ1n) is 5.23. The van der Waals surface area contributed by atoms with Crippen molar-refractivity contribution < 1.29 is 0 Å². The van der Waals surface area contributed by atoms with Gasteiger partial charge in [0.2, 0.25) is 0 Å². The van der Waals surface area contributed by atoms with E-state index >= 15 is 0 Å². The number of H-pyrrole nitrogens is 1. The molecule has 0 spiro atoms. The monoisotopic (exact) mass is 212 g/mol. The van der Waals surface area contributed by atoms with Gasteiger partial charge in [-0.1, -0.05) is 6.07 Å². The van der Waals surface area contributed by atoms with Crippen LogP contribution in [0.25, 0.3) is 16.7 Å². The van der Waals surface area contributed by atoms with Crippen molar-refractivity contribution in [2.75, 3.05) is 6.67 Å². The number of nitrogens with one attached hydrogen (secondary N) is 2. The first-order chi connectivity index (χ1) is 7.84. The molecule has 4 nitrogen and oxygen atoms in total. The van der Waals surface area contributed by atoms with Crippen molar-refractivity contribution in [1.82, 2.24) is 15.3 Å². The molecule has 2 aromatic rings. The van der Waals surface area contributed by atoms with Crippen LogP contribution in [0.3, 0.4) is 0 Å². The van der Waals surface area contributed by atoms with Gasteiger partial charge in [-0.05, 0) is 24.6 Å². The lowest BCUT2D eigenvalue weighted by Gasteiger charge is -2.15. The van der Waals surface area contributed by atoms with Crippen molar-refractivity contribution in [2.24, 2.45) is 4.99 Å². The zero-order valence-corrected chi connectivity index (χ0v) is 8.99. The quantitative estimate of drug-likeness (QED) is 0.758. The molecule has 0 radical (unpaired) electrons. The fraction of sp³-hybridized carbons (Fsp3) is 0.167. The highest BCUT2D eigenvalue weighted by Crippen LogP contribution is 2.20. The summed E-state index contributed by atoms with van der Waals surface area (Å²) in [6, 6.07) is 6.20. The molecule has 80 valence electrons. The minimum atomic E-state index is 0.647. The van der Waals surface area contributed by atoms with Crippen LogP contribution in [-0.4, -0.2) is 22.9 Å². The molecule has 0 bridgehead atoms. The Hall–Kier alpha value is -2.10. The highest BCUT2D eigenvalue weighted by molar-refractivity contribution is 5.92. The summed E-state index contributed by atoms with van der Waals surface area (Å²) in [6.45, 7) is 2.70. The normalized spacial score (nSPS) is 15.6. The van der Waals surface area contributed by atoms with E-state index in [9.17, 15) is 0 Å². The third kappa shape index (κ3) is 1.39. The molecule has 0 saturated heterocycles. The van der Waals surface area contributed by atoms with E-state index in [1.165, 1.54) is 5.56 Å². The Bertz CT molecular complexity index is 592. The standard InChI is InChI=1S/C12H12N4/c1-8-5-13-6-16-12(8)9-2-3-10-11(4-9)15-7-14-10/h2-5,7,16H,6H2,1H3,(H,14,15). The molecule has 16 heavy (non-hydrogen) atoms. The Balaban J connectivity index is 2.14. The number of allylic oxidation sites excluding steroid dienone is 1. The molecule has 0 amide bonds. The summed E-state index contributed by atoms with van der Waals surface area (Å²) in [6.07, 6.45) is 3.62. The van der Waals surface area contributed by atoms with Crippen LogP contribution >= 0.6 is 0 Å². The van der Waals surface area contributed by atoms with Crippen molar-refractivity contribution >= 4 is 22.9 Å². The number of aromatic amines is 1. The maximum atomic E-state index is 4.21. The Morgan fingerprint density at radius 1 is 1.31 bits per heavy atom. The van der Waals surface area contributed by atoms with E-state index in [1.54, 1.807) is 6.33 Å². The third-order valence-electron chi connectivity index (χ3n) is 2.74. The zero-order chi connectivity index (χ0) is 11.0. The van der Waals surface area contributed by atoms with E-state index in [0.717, 1.165) is 22.3 Å². The number of aromatic nitrogens is 2. The smallest absolute Gasteiger partial charge is 0.107 e. The molecule has 0 aliphatic carbocycles. The number of hydrogen-bond acceptors (Lipinski definition) is 3. The Morgan fingerprint density at radius 2 is 2.25 bits per heavy atom. The van der Waals surface area contributed by atoms with Crippen LogP contribution in [0.2, 0.25) is 0 Å². The second-order valence-corrected chi connectivity index (χ2v) is 3.84. The van der Waals surface area contributed by atoms with E-state index < -0.39 is 0 Å². The van der Waals surface area contributed by atoms with Gasteiger partial charge >= 0.3 is 0 Å². The van der Waals surface area contributed by atoms with Gasteiger partial charge in [-0.3, -0.25) is 4.99 Å². The molecule has 0 fully saturated rings. The van der Waals surface area contributed by atoms with Crippen molar-refractivity contribution in [3.05, 3.63) is 35.7 Å². The van der Waals surface area contributed by atoms with Crippen molar-refractivity contribution in [3.8, 4) is 0 Å². The Kier molecular flexibility index (Phi) is 1.99. The fourth-order valence-corrected chi connectivity index (χ4v) is 1.93. The van der Waals surface area contributed by atoms with E-state index in [-0.39, 0.29) is 0 Å². The lowest BCUT2D eigenvalue weighted by molar-refractivity contribution is 0.890. The number of hydrogen-bond donors (Lipinski definition) is 2. The van der Waals surface area contributed by atoms with Gasteiger partial charge in [0.25, 0.3) is 0 Å². The summed E-state index contributed by atoms with van der Waals surface area (Å²) in [5.74, 6) is 0. The largest absolute Gasteiger partial charge is 0.366 e. The Labute approximate surface area is 93.1 Å². The van der Waals surface area contributed by atoms with Crippen LogP contribution in [0.15, 0.2) is 35.1 Å². The molecule has 4 heteroatoms. The van der Waals surface area contributed by atoms with Gasteiger partial charge < -0.3 is 10.3 Å². The van der Waals surface area contributed by atoms with E-state index in [4.69, 9.17) is 0 Å². The van der Waals surface area contributed by atoms with Gasteiger partial charge in [-0.15, -0.1) is 0 Å². The van der Waals surface area contributed by atoms with Crippen LogP contribution in [0.1, 0.15) is 12.5 Å². The molecule has 2 N–H and O–H groups in total. The first-order valence-corrected chi connectivity index (χ1v) is 5.23. The fourth-order valence-electron chi connectivity index (χ4n) is 1.93. The van der Waals surface area contributed by atoms with Crippen LogP contribution in [0.4, 0.5) is 0 Å². The molecule has 0 saturated carbocycles. The number of aliphatic imine (C=N–C) groups is 1. The topological polar surface area (TPSA) is 53.1 Å². The number of rotatable bonds is 1. The van der Waals surface area contributed by atoms with E-state index in [1.807, 2.05) is 12.3 Å². The first kappa shape index (κ1) is 9.15. The van der Waals surface area contributed by atoms with Gasteiger partial charge in [0.15, 0.2) is 0 Å². The van der Waals surface area contributed by atoms with Crippen LogP contribution < -0.4 is 5.32 Å². The second kappa shape index (κ2) is 3.48. The minimum Gasteiger partial charge on any atom is -0.366 e. The van der Waals surface area contributed by atoms with Crippen LogP contribution in [0.5, 0.6) is 0 Å². The molecule has 1 aromatic heterocycles. The molecule has 2 heterocycles. The van der Waals surface area contributed by atoms with Crippen molar-refractivity contribution in [3.63, 3.8) is 0 Å².